The largest absolute Gasteiger partial charge is 0.402 e. The van der Waals surface area contributed by atoms with E-state index in [1.807, 2.05) is 6.07 Å². The van der Waals surface area contributed by atoms with Gasteiger partial charge in [-0.1, -0.05) is 18.2 Å². The monoisotopic (exact) mass is 472 g/mol. The molecular formula is C25H26N7O3+. The second kappa shape index (κ2) is 10.1. The first-order valence-corrected chi connectivity index (χ1v) is 11.1. The Labute approximate surface area is 201 Å². The minimum absolute atomic E-state index is 0.0279. The molecule has 1 unspecified atom stereocenters. The van der Waals surface area contributed by atoms with Gasteiger partial charge in [-0.05, 0) is 48.6 Å². The van der Waals surface area contributed by atoms with Crippen molar-refractivity contribution in [2.75, 3.05) is 10.6 Å². The van der Waals surface area contributed by atoms with Crippen molar-refractivity contribution in [3.8, 4) is 0 Å². The van der Waals surface area contributed by atoms with Gasteiger partial charge in [0.1, 0.15) is 18.4 Å². The summed E-state index contributed by atoms with van der Waals surface area (Å²) < 4.78 is 0. The van der Waals surface area contributed by atoms with Gasteiger partial charge in [0.05, 0.1) is 17.1 Å². The molecule has 35 heavy (non-hydrogen) atoms. The number of benzene rings is 2. The second-order valence-corrected chi connectivity index (χ2v) is 8.34. The number of nitrogens with two attached hydrogens (primary N) is 3. The minimum atomic E-state index is -0.599. The number of aromatic nitrogens is 2. The number of nitrogens with zero attached hydrogens (tertiary/aromatic N) is 2. The first-order chi connectivity index (χ1) is 16.9. The highest BCUT2D eigenvalue weighted by Crippen LogP contribution is 2.33. The van der Waals surface area contributed by atoms with E-state index in [0.29, 0.717) is 34.0 Å². The molecule has 1 fully saturated rings. The Morgan fingerprint density at radius 3 is 2.63 bits per heavy atom. The summed E-state index contributed by atoms with van der Waals surface area (Å²) in [4.78, 5) is 44.2. The number of allylic oxidation sites excluding steroid dienone is 1. The van der Waals surface area contributed by atoms with Gasteiger partial charge < -0.3 is 26.9 Å². The molecule has 1 saturated carbocycles. The van der Waals surface area contributed by atoms with Gasteiger partial charge in [-0.25, -0.2) is 15.4 Å². The molecule has 0 spiro atoms. The Morgan fingerprint density at radius 1 is 1.14 bits per heavy atom. The fourth-order valence-corrected chi connectivity index (χ4v) is 3.76. The van der Waals surface area contributed by atoms with Crippen molar-refractivity contribution in [3.05, 3.63) is 71.7 Å². The zero-order valence-corrected chi connectivity index (χ0v) is 18.9. The van der Waals surface area contributed by atoms with Crippen molar-refractivity contribution in [2.45, 2.75) is 25.3 Å². The molecule has 0 radical (unpaired) electrons. The van der Waals surface area contributed by atoms with E-state index in [2.05, 4.69) is 20.6 Å². The number of rotatable bonds is 10. The van der Waals surface area contributed by atoms with Crippen LogP contribution in [0.1, 0.15) is 41.2 Å². The van der Waals surface area contributed by atoms with Crippen LogP contribution in [0.5, 0.6) is 0 Å². The summed E-state index contributed by atoms with van der Waals surface area (Å²) in [7, 11) is 0. The quantitative estimate of drug-likeness (QED) is 0.214. The molecule has 10 heteroatoms. The summed E-state index contributed by atoms with van der Waals surface area (Å²) in [6.45, 7) is 0. The summed E-state index contributed by atoms with van der Waals surface area (Å²) >= 11 is 0. The molecule has 2 aromatic carbocycles. The molecule has 1 heterocycles. The second-order valence-electron chi connectivity index (χ2n) is 8.34. The van der Waals surface area contributed by atoms with Crippen LogP contribution in [0.3, 0.4) is 0 Å². The first kappa shape index (κ1) is 23.6. The number of fused-ring (bicyclic) bond motifs is 1. The summed E-state index contributed by atoms with van der Waals surface area (Å²) in [5.74, 6) is -0.321. The van der Waals surface area contributed by atoms with Gasteiger partial charge in [-0.15, -0.1) is 0 Å². The van der Waals surface area contributed by atoms with Crippen molar-refractivity contribution in [1.29, 1.82) is 0 Å². The van der Waals surface area contributed by atoms with Gasteiger partial charge in [-0.3, -0.25) is 9.59 Å². The topological polar surface area (TPSA) is 179 Å². The SMILES string of the molecule is NC(=O)c1cccc2c(NC(CC=O)c3cccc(NC(=O)C(=[NH2+])C=C(N)C4CC4)c3)ncnc12. The Hall–Kier alpha value is -4.60. The maximum atomic E-state index is 12.5. The summed E-state index contributed by atoms with van der Waals surface area (Å²) in [6.07, 6.45) is 5.77. The molecule has 0 bridgehead atoms. The maximum absolute atomic E-state index is 12.5. The van der Waals surface area contributed by atoms with E-state index < -0.39 is 17.9 Å². The Kier molecular flexibility index (Phi) is 6.81. The number of hydrogen-bond acceptors (Lipinski definition) is 7. The predicted octanol–water partition coefficient (Wildman–Crippen LogP) is 0.862. The average Bonchev–Trinajstić information content (AvgIpc) is 3.69. The molecule has 0 aliphatic heterocycles. The fourth-order valence-electron chi connectivity index (χ4n) is 3.76. The standard InChI is InChI=1S/C25H25N7O3/c26-19(14-7-8-14)12-20(27)25(35)31-16-4-1-3-15(11-16)21(9-10-33)32-24-18-6-2-5-17(23(28)34)22(18)29-13-30-24/h1-6,10-14,21,27H,7-9,26H2,(H2,28,34)(H,31,35)(H,29,30,32)/p+1. The molecule has 1 aromatic heterocycles. The van der Waals surface area contributed by atoms with Crippen molar-refractivity contribution >= 4 is 46.2 Å². The number of nitrogens with one attached hydrogen (secondary N) is 2. The third-order valence-corrected chi connectivity index (χ3v) is 5.75. The van der Waals surface area contributed by atoms with Crippen LogP contribution in [0.15, 0.2) is 60.6 Å². The van der Waals surface area contributed by atoms with E-state index in [-0.39, 0.29) is 17.7 Å². The number of anilines is 2. The lowest BCUT2D eigenvalue weighted by molar-refractivity contribution is -0.132. The van der Waals surface area contributed by atoms with E-state index in [4.69, 9.17) is 16.9 Å². The van der Waals surface area contributed by atoms with Crippen LogP contribution in [-0.4, -0.2) is 33.8 Å². The van der Waals surface area contributed by atoms with E-state index >= 15 is 0 Å². The van der Waals surface area contributed by atoms with Gasteiger partial charge >= 0.3 is 5.91 Å². The highest BCUT2D eigenvalue weighted by atomic mass is 16.2. The van der Waals surface area contributed by atoms with Crippen molar-refractivity contribution in [2.24, 2.45) is 17.4 Å². The number of carbonyl (C=O) groups excluding carboxylic acids is 3. The number of aldehydes is 1. The maximum Gasteiger partial charge on any atom is 0.319 e. The Morgan fingerprint density at radius 2 is 1.91 bits per heavy atom. The number of carbonyl (C=O) groups is 3. The number of para-hydroxylation sites is 1. The molecule has 1 atom stereocenters. The van der Waals surface area contributed by atoms with Crippen molar-refractivity contribution < 1.29 is 19.8 Å². The highest BCUT2D eigenvalue weighted by Gasteiger charge is 2.26. The molecule has 1 aliphatic carbocycles. The Bertz CT molecular complexity index is 1350. The Balaban J connectivity index is 1.57. The third kappa shape index (κ3) is 5.49. The predicted molar refractivity (Wildman–Crippen MR) is 132 cm³/mol. The molecule has 0 saturated heterocycles. The van der Waals surface area contributed by atoms with Crippen molar-refractivity contribution in [1.82, 2.24) is 9.97 Å². The normalized spacial score (nSPS) is 14.2. The lowest BCUT2D eigenvalue weighted by atomic mass is 10.0. The smallest absolute Gasteiger partial charge is 0.319 e. The molecule has 2 amide bonds. The lowest BCUT2D eigenvalue weighted by Gasteiger charge is -2.19. The summed E-state index contributed by atoms with van der Waals surface area (Å²) in [6, 6.07) is 11.6. The van der Waals surface area contributed by atoms with Crippen LogP contribution in [0.4, 0.5) is 11.5 Å². The van der Waals surface area contributed by atoms with E-state index in [1.165, 1.54) is 12.4 Å². The highest BCUT2D eigenvalue weighted by molar-refractivity contribution is 6.44. The number of primary amides is 1. The summed E-state index contributed by atoms with van der Waals surface area (Å²) in [5.41, 5.74) is 14.0. The van der Waals surface area contributed by atoms with Gasteiger partial charge in [-0.2, -0.15) is 0 Å². The number of amides is 2. The molecule has 8 N–H and O–H groups in total. The molecule has 4 rings (SSSR count). The fraction of sp³-hybridized carbons (Fsp3) is 0.200. The zero-order chi connectivity index (χ0) is 24.9. The third-order valence-electron chi connectivity index (χ3n) is 5.75. The van der Waals surface area contributed by atoms with Crippen LogP contribution in [0.25, 0.3) is 10.9 Å². The van der Waals surface area contributed by atoms with Crippen LogP contribution in [0, 0.1) is 5.92 Å². The molecule has 3 aromatic rings. The van der Waals surface area contributed by atoms with Crippen LogP contribution < -0.4 is 27.5 Å². The van der Waals surface area contributed by atoms with Crippen LogP contribution in [-0.2, 0) is 9.59 Å². The zero-order valence-electron chi connectivity index (χ0n) is 18.9. The molecule has 10 nitrogen and oxygen atoms in total. The minimum Gasteiger partial charge on any atom is -0.402 e. The summed E-state index contributed by atoms with van der Waals surface area (Å²) in [5, 5.41) is 12.5. The molecular weight excluding hydrogens is 446 g/mol. The van der Waals surface area contributed by atoms with E-state index in [9.17, 15) is 14.4 Å². The average molecular weight is 473 g/mol. The van der Waals surface area contributed by atoms with Gasteiger partial charge in [0, 0.05) is 29.3 Å². The van der Waals surface area contributed by atoms with E-state index in [0.717, 1.165) is 24.7 Å². The van der Waals surface area contributed by atoms with Gasteiger partial charge in [0.2, 0.25) is 0 Å². The molecule has 1 aliphatic rings. The number of hydrogen-bond donors (Lipinski definition) is 5. The van der Waals surface area contributed by atoms with Gasteiger partial charge in [0.25, 0.3) is 11.6 Å². The lowest BCUT2D eigenvalue weighted by Crippen LogP contribution is -2.46. The van der Waals surface area contributed by atoms with Crippen LogP contribution in [0.2, 0.25) is 0 Å². The van der Waals surface area contributed by atoms with Crippen LogP contribution >= 0.6 is 0 Å². The van der Waals surface area contributed by atoms with Crippen molar-refractivity contribution in [3.63, 3.8) is 0 Å². The first-order valence-electron chi connectivity index (χ1n) is 11.1. The van der Waals surface area contributed by atoms with Gasteiger partial charge in [0.15, 0.2) is 0 Å². The molecule has 178 valence electrons. The van der Waals surface area contributed by atoms with E-state index in [1.54, 1.807) is 36.4 Å².